The van der Waals surface area contributed by atoms with E-state index in [1.54, 1.807) is 0 Å². The normalized spacial score (nSPS) is 11.5. The average Bonchev–Trinajstić information content (AvgIpc) is 2.45. The summed E-state index contributed by atoms with van der Waals surface area (Å²) in [7, 11) is 0. The van der Waals surface area contributed by atoms with Crippen LogP contribution in [0, 0.1) is 6.92 Å². The number of aryl methyl sites for hydroxylation is 1. The number of hydrogen-bond acceptors (Lipinski definition) is 2. The summed E-state index contributed by atoms with van der Waals surface area (Å²) in [4.78, 5) is 0. The molecule has 21 heavy (non-hydrogen) atoms. The summed E-state index contributed by atoms with van der Waals surface area (Å²) >= 11 is 0. The summed E-state index contributed by atoms with van der Waals surface area (Å²) in [5.41, 5.74) is 10.7. The lowest BCUT2D eigenvalue weighted by molar-refractivity contribution is 0.303. The fraction of sp³-hybridized carbons (Fsp3) is 0.368. The van der Waals surface area contributed by atoms with Gasteiger partial charge in [0.1, 0.15) is 12.4 Å². The van der Waals surface area contributed by atoms with Gasteiger partial charge in [0.25, 0.3) is 0 Å². The summed E-state index contributed by atoms with van der Waals surface area (Å²) in [6.07, 6.45) is 0. The number of rotatable bonds is 4. The highest BCUT2D eigenvalue weighted by Gasteiger charge is 2.12. The van der Waals surface area contributed by atoms with Gasteiger partial charge in [0.15, 0.2) is 0 Å². The molecular formula is C19H25NO. The molecule has 0 amide bonds. The maximum atomic E-state index is 5.91. The molecule has 0 aromatic heterocycles. The molecule has 0 atom stereocenters. The number of nitrogens with two attached hydrogens (primary N) is 1. The largest absolute Gasteiger partial charge is 0.489 e. The molecule has 2 aromatic carbocycles. The third-order valence-corrected chi connectivity index (χ3v) is 3.65. The van der Waals surface area contributed by atoms with E-state index < -0.39 is 0 Å². The Morgan fingerprint density at radius 2 is 1.67 bits per heavy atom. The first-order chi connectivity index (χ1) is 9.90. The van der Waals surface area contributed by atoms with Gasteiger partial charge in [-0.2, -0.15) is 0 Å². The summed E-state index contributed by atoms with van der Waals surface area (Å²) in [5.74, 6) is 0.878. The van der Waals surface area contributed by atoms with Crippen LogP contribution >= 0.6 is 0 Å². The third kappa shape index (κ3) is 4.08. The van der Waals surface area contributed by atoms with Crippen molar-refractivity contribution in [2.45, 2.75) is 46.3 Å². The van der Waals surface area contributed by atoms with Gasteiger partial charge in [0.2, 0.25) is 0 Å². The summed E-state index contributed by atoms with van der Waals surface area (Å²) in [5, 5.41) is 0. The van der Waals surface area contributed by atoms with Crippen LogP contribution in [0.25, 0.3) is 0 Å². The first kappa shape index (κ1) is 15.6. The first-order valence-electron chi connectivity index (χ1n) is 7.42. The molecule has 0 heterocycles. The lowest BCUT2D eigenvalue weighted by Crippen LogP contribution is -2.11. The highest BCUT2D eigenvalue weighted by molar-refractivity contribution is 5.37. The van der Waals surface area contributed by atoms with E-state index >= 15 is 0 Å². The summed E-state index contributed by atoms with van der Waals surface area (Å²) in [6, 6.07) is 14.8. The van der Waals surface area contributed by atoms with E-state index in [0.717, 1.165) is 11.3 Å². The smallest absolute Gasteiger partial charge is 0.124 e. The molecule has 2 N–H and O–H groups in total. The van der Waals surface area contributed by atoms with Crippen molar-refractivity contribution in [3.8, 4) is 5.75 Å². The van der Waals surface area contributed by atoms with Crippen molar-refractivity contribution in [2.75, 3.05) is 0 Å². The number of ether oxygens (including phenoxy) is 1. The third-order valence-electron chi connectivity index (χ3n) is 3.65. The SMILES string of the molecule is Cc1ccc(OCc2ccc(C(C)(C)C)cc2)c(CN)c1. The van der Waals surface area contributed by atoms with Crippen LogP contribution in [-0.4, -0.2) is 0 Å². The van der Waals surface area contributed by atoms with Crippen molar-refractivity contribution in [1.29, 1.82) is 0 Å². The van der Waals surface area contributed by atoms with Crippen LogP contribution in [-0.2, 0) is 18.6 Å². The van der Waals surface area contributed by atoms with Crippen molar-refractivity contribution < 1.29 is 4.74 Å². The summed E-state index contributed by atoms with van der Waals surface area (Å²) in [6.45, 7) is 9.80. The second-order valence-corrected chi connectivity index (χ2v) is 6.55. The van der Waals surface area contributed by atoms with Gasteiger partial charge in [-0.25, -0.2) is 0 Å². The molecule has 0 bridgehead atoms. The van der Waals surface area contributed by atoms with E-state index in [2.05, 4.69) is 64.1 Å². The molecule has 0 aliphatic heterocycles. The Hall–Kier alpha value is -1.80. The predicted octanol–water partition coefficient (Wildman–Crippen LogP) is 4.33. The Balaban J connectivity index is 2.07. The van der Waals surface area contributed by atoms with Crippen molar-refractivity contribution in [1.82, 2.24) is 0 Å². The van der Waals surface area contributed by atoms with Crippen molar-refractivity contribution in [2.24, 2.45) is 5.73 Å². The van der Waals surface area contributed by atoms with Gasteiger partial charge < -0.3 is 10.5 Å². The fourth-order valence-electron chi connectivity index (χ4n) is 2.27. The zero-order valence-electron chi connectivity index (χ0n) is 13.4. The summed E-state index contributed by atoms with van der Waals surface area (Å²) < 4.78 is 5.91. The minimum atomic E-state index is 0.184. The number of hydrogen-bond donors (Lipinski definition) is 1. The minimum Gasteiger partial charge on any atom is -0.489 e. The van der Waals surface area contributed by atoms with Gasteiger partial charge in [-0.3, -0.25) is 0 Å². The van der Waals surface area contributed by atoms with E-state index in [9.17, 15) is 0 Å². The van der Waals surface area contributed by atoms with Crippen LogP contribution in [0.5, 0.6) is 5.75 Å². The molecule has 0 radical (unpaired) electrons. The molecule has 0 fully saturated rings. The van der Waals surface area contributed by atoms with E-state index in [1.165, 1.54) is 16.7 Å². The van der Waals surface area contributed by atoms with Crippen LogP contribution < -0.4 is 10.5 Å². The Labute approximate surface area is 127 Å². The lowest BCUT2D eigenvalue weighted by Gasteiger charge is -2.19. The molecular weight excluding hydrogens is 258 g/mol. The van der Waals surface area contributed by atoms with Crippen LogP contribution in [0.15, 0.2) is 42.5 Å². The Kier molecular flexibility index (Phi) is 4.69. The van der Waals surface area contributed by atoms with Gasteiger partial charge in [-0.05, 0) is 29.5 Å². The van der Waals surface area contributed by atoms with Gasteiger partial charge in [-0.1, -0.05) is 62.7 Å². The quantitative estimate of drug-likeness (QED) is 0.906. The van der Waals surface area contributed by atoms with Gasteiger partial charge >= 0.3 is 0 Å². The van der Waals surface area contributed by atoms with Crippen molar-refractivity contribution >= 4 is 0 Å². The fourth-order valence-corrected chi connectivity index (χ4v) is 2.27. The molecule has 112 valence electrons. The zero-order chi connectivity index (χ0) is 15.5. The Morgan fingerprint density at radius 1 is 1.00 bits per heavy atom. The lowest BCUT2D eigenvalue weighted by atomic mass is 9.87. The molecule has 2 aromatic rings. The first-order valence-corrected chi connectivity index (χ1v) is 7.42. The van der Waals surface area contributed by atoms with E-state index in [1.807, 2.05) is 6.07 Å². The van der Waals surface area contributed by atoms with E-state index in [0.29, 0.717) is 13.2 Å². The molecule has 0 saturated carbocycles. The monoisotopic (exact) mass is 283 g/mol. The van der Waals surface area contributed by atoms with E-state index in [-0.39, 0.29) is 5.41 Å². The van der Waals surface area contributed by atoms with E-state index in [4.69, 9.17) is 10.5 Å². The molecule has 2 heteroatoms. The van der Waals surface area contributed by atoms with Crippen LogP contribution in [0.1, 0.15) is 43.0 Å². The number of benzene rings is 2. The van der Waals surface area contributed by atoms with Gasteiger partial charge in [0.05, 0.1) is 0 Å². The second-order valence-electron chi connectivity index (χ2n) is 6.55. The average molecular weight is 283 g/mol. The maximum absolute atomic E-state index is 5.91. The Morgan fingerprint density at radius 3 is 2.24 bits per heavy atom. The molecule has 0 aliphatic rings. The predicted molar refractivity (Wildman–Crippen MR) is 88.5 cm³/mol. The zero-order valence-corrected chi connectivity index (χ0v) is 13.4. The Bertz CT molecular complexity index is 594. The molecule has 2 rings (SSSR count). The molecule has 0 aliphatic carbocycles. The van der Waals surface area contributed by atoms with Crippen LogP contribution in [0.3, 0.4) is 0 Å². The molecule has 0 saturated heterocycles. The topological polar surface area (TPSA) is 35.2 Å². The van der Waals surface area contributed by atoms with Crippen molar-refractivity contribution in [3.63, 3.8) is 0 Å². The van der Waals surface area contributed by atoms with Gasteiger partial charge in [-0.15, -0.1) is 0 Å². The molecule has 0 unspecified atom stereocenters. The highest BCUT2D eigenvalue weighted by Crippen LogP contribution is 2.24. The molecule has 2 nitrogen and oxygen atoms in total. The van der Waals surface area contributed by atoms with Crippen LogP contribution in [0.4, 0.5) is 0 Å². The minimum absolute atomic E-state index is 0.184. The highest BCUT2D eigenvalue weighted by atomic mass is 16.5. The maximum Gasteiger partial charge on any atom is 0.124 e. The van der Waals surface area contributed by atoms with Crippen molar-refractivity contribution in [3.05, 3.63) is 64.7 Å². The second kappa shape index (κ2) is 6.31. The standard InChI is InChI=1S/C19H25NO/c1-14-5-10-18(16(11-14)12-20)21-13-15-6-8-17(9-7-15)19(2,3)4/h5-11H,12-13,20H2,1-4H3. The molecule has 0 spiro atoms. The van der Waals surface area contributed by atoms with Crippen LogP contribution in [0.2, 0.25) is 0 Å². The van der Waals surface area contributed by atoms with Gasteiger partial charge in [0, 0.05) is 12.1 Å².